The Bertz CT molecular complexity index is 740. The van der Waals surface area contributed by atoms with E-state index in [0.29, 0.717) is 16.8 Å². The van der Waals surface area contributed by atoms with E-state index in [0.717, 1.165) is 22.4 Å². The second-order valence-electron chi connectivity index (χ2n) is 7.56. The van der Waals surface area contributed by atoms with E-state index in [1.165, 1.54) is 38.4 Å². The summed E-state index contributed by atoms with van der Waals surface area (Å²) >= 11 is 0. The Balaban J connectivity index is 0.000000197. The number of aromatic nitrogens is 2. The lowest BCUT2D eigenvalue weighted by Crippen LogP contribution is -2.56. The maximum Gasteiger partial charge on any atom is 0.156 e. The van der Waals surface area contributed by atoms with Crippen LogP contribution >= 0.6 is 0 Å². The molecule has 144 valence electrons. The van der Waals surface area contributed by atoms with Gasteiger partial charge in [0.25, 0.3) is 0 Å². The van der Waals surface area contributed by atoms with Crippen LogP contribution in [-0.2, 0) is 0 Å². The molecule has 1 aromatic heterocycles. The van der Waals surface area contributed by atoms with Crippen molar-refractivity contribution in [2.24, 2.45) is 11.3 Å². The third-order valence-electron chi connectivity index (χ3n) is 5.84. The number of hydrogen-bond acceptors (Lipinski definition) is 4. The van der Waals surface area contributed by atoms with Crippen molar-refractivity contribution in [1.82, 2.24) is 15.5 Å². The summed E-state index contributed by atoms with van der Waals surface area (Å²) in [4.78, 5) is 0. The molecule has 26 heavy (non-hydrogen) atoms. The Morgan fingerprint density at radius 1 is 1.19 bits per heavy atom. The molecule has 5 heteroatoms. The average molecular weight is 361 g/mol. The number of aryl methyl sites for hydroxylation is 2. The summed E-state index contributed by atoms with van der Waals surface area (Å²) in [6.07, 6.45) is 4.09. The number of benzene rings is 1. The van der Waals surface area contributed by atoms with E-state index in [4.69, 9.17) is 0 Å². The summed E-state index contributed by atoms with van der Waals surface area (Å²) in [5.74, 6) is 1.38. The van der Waals surface area contributed by atoms with E-state index in [9.17, 15) is 4.39 Å². The van der Waals surface area contributed by atoms with Crippen LogP contribution in [0, 0.1) is 31.0 Å². The van der Waals surface area contributed by atoms with E-state index < -0.39 is 0 Å². The molecule has 0 unspecified atom stereocenters. The molecular weight excluding hydrogens is 327 g/mol. The van der Waals surface area contributed by atoms with Crippen molar-refractivity contribution < 1.29 is 4.39 Å². The summed E-state index contributed by atoms with van der Waals surface area (Å²) in [5.41, 5.74) is 2.03. The van der Waals surface area contributed by atoms with Gasteiger partial charge in [0.2, 0.25) is 0 Å². The minimum Gasteiger partial charge on any atom is -0.371 e. The highest BCUT2D eigenvalue weighted by Crippen LogP contribution is 2.38. The van der Waals surface area contributed by atoms with Gasteiger partial charge in [-0.25, -0.2) is 4.39 Å². The molecule has 1 aliphatic heterocycles. The minimum atomic E-state index is -0.208. The summed E-state index contributed by atoms with van der Waals surface area (Å²) in [6.45, 7) is 13.1. The SMILES string of the molecule is CCCC1([C@H](C)CC)CNC1.CNc1nnc(C)c2cc(F)c(C)cc12. The molecule has 0 spiro atoms. The second kappa shape index (κ2) is 8.76. The second-order valence-corrected chi connectivity index (χ2v) is 7.56. The molecule has 1 fully saturated rings. The lowest BCUT2D eigenvalue weighted by Gasteiger charge is -2.47. The molecule has 0 bridgehead atoms. The van der Waals surface area contributed by atoms with Gasteiger partial charge in [-0.05, 0) is 49.3 Å². The molecule has 4 nitrogen and oxygen atoms in total. The Morgan fingerprint density at radius 3 is 2.38 bits per heavy atom. The Morgan fingerprint density at radius 2 is 1.88 bits per heavy atom. The zero-order chi connectivity index (χ0) is 19.3. The van der Waals surface area contributed by atoms with Crippen LogP contribution in [0.1, 0.15) is 51.3 Å². The van der Waals surface area contributed by atoms with E-state index in [1.807, 2.05) is 6.92 Å². The smallest absolute Gasteiger partial charge is 0.156 e. The van der Waals surface area contributed by atoms with Gasteiger partial charge in [0.1, 0.15) is 5.82 Å². The van der Waals surface area contributed by atoms with Gasteiger partial charge in [0.05, 0.1) is 5.69 Å². The predicted octanol–water partition coefficient (Wildman–Crippen LogP) is 4.85. The van der Waals surface area contributed by atoms with Crippen LogP contribution in [0.5, 0.6) is 0 Å². The number of hydrogen-bond donors (Lipinski definition) is 2. The van der Waals surface area contributed by atoms with Crippen molar-refractivity contribution in [3.8, 4) is 0 Å². The van der Waals surface area contributed by atoms with Gasteiger partial charge in [-0.3, -0.25) is 0 Å². The normalized spacial score (nSPS) is 16.4. The molecule has 0 saturated carbocycles. The summed E-state index contributed by atoms with van der Waals surface area (Å²) in [5, 5.41) is 16.0. The molecule has 1 aliphatic rings. The first-order chi connectivity index (χ1) is 12.4. The van der Waals surface area contributed by atoms with Crippen molar-refractivity contribution in [3.05, 3.63) is 29.2 Å². The number of nitrogens with one attached hydrogen (secondary N) is 2. The molecule has 1 atom stereocenters. The van der Waals surface area contributed by atoms with Crippen LogP contribution in [0.15, 0.2) is 12.1 Å². The van der Waals surface area contributed by atoms with Gasteiger partial charge >= 0.3 is 0 Å². The summed E-state index contributed by atoms with van der Waals surface area (Å²) in [6, 6.07) is 3.30. The van der Waals surface area contributed by atoms with Crippen molar-refractivity contribution in [2.45, 2.75) is 53.9 Å². The zero-order valence-corrected chi connectivity index (χ0v) is 17.0. The first-order valence-electron chi connectivity index (χ1n) is 9.70. The van der Waals surface area contributed by atoms with E-state index in [2.05, 4.69) is 41.6 Å². The standard InChI is InChI=1S/C11H12FN3.C10H21N/c1-6-4-9-8(5-10(6)12)7(2)14-15-11(9)13-3;1-4-6-10(7-11-8-10)9(3)5-2/h4-5H,1-3H3,(H,13,15);9,11H,4-8H2,1-3H3/t;9-/m.1/s1. The van der Waals surface area contributed by atoms with E-state index in [1.54, 1.807) is 20.0 Å². The molecule has 2 N–H and O–H groups in total. The quantitative estimate of drug-likeness (QED) is 0.800. The first-order valence-corrected chi connectivity index (χ1v) is 9.70. The van der Waals surface area contributed by atoms with Crippen LogP contribution in [-0.4, -0.2) is 30.3 Å². The Labute approximate surface area is 157 Å². The number of fused-ring (bicyclic) bond motifs is 1. The molecule has 0 radical (unpaired) electrons. The minimum absolute atomic E-state index is 0.208. The van der Waals surface area contributed by atoms with E-state index in [-0.39, 0.29) is 5.82 Å². The average Bonchev–Trinajstić information content (AvgIpc) is 2.60. The molecular formula is C21H33FN4. The highest BCUT2D eigenvalue weighted by Gasteiger charge is 2.39. The monoisotopic (exact) mass is 360 g/mol. The van der Waals surface area contributed by atoms with Gasteiger partial charge in [-0.1, -0.05) is 33.6 Å². The van der Waals surface area contributed by atoms with Gasteiger partial charge in [-0.15, -0.1) is 5.10 Å². The van der Waals surface area contributed by atoms with E-state index >= 15 is 0 Å². The molecule has 0 amide bonds. The molecule has 1 aromatic carbocycles. The first kappa shape index (κ1) is 20.6. The fourth-order valence-corrected chi connectivity index (χ4v) is 3.74. The van der Waals surface area contributed by atoms with Gasteiger partial charge in [-0.2, -0.15) is 5.10 Å². The van der Waals surface area contributed by atoms with Crippen LogP contribution in [0.3, 0.4) is 0 Å². The number of halogens is 1. The molecule has 0 aliphatic carbocycles. The van der Waals surface area contributed by atoms with Crippen LogP contribution in [0.25, 0.3) is 10.8 Å². The fraction of sp³-hybridized carbons (Fsp3) is 0.619. The maximum atomic E-state index is 13.4. The Kier molecular flexibility index (Phi) is 6.93. The van der Waals surface area contributed by atoms with Crippen LogP contribution in [0.4, 0.5) is 10.2 Å². The van der Waals surface area contributed by atoms with Crippen molar-refractivity contribution in [1.29, 1.82) is 0 Å². The molecule has 2 aromatic rings. The highest BCUT2D eigenvalue weighted by molar-refractivity contribution is 5.93. The third kappa shape index (κ3) is 4.14. The van der Waals surface area contributed by atoms with Crippen molar-refractivity contribution >= 4 is 16.6 Å². The molecule has 3 rings (SSSR count). The van der Waals surface area contributed by atoms with Crippen molar-refractivity contribution in [2.75, 3.05) is 25.5 Å². The summed E-state index contributed by atoms with van der Waals surface area (Å²) < 4.78 is 13.4. The van der Waals surface area contributed by atoms with Crippen LogP contribution < -0.4 is 10.6 Å². The fourth-order valence-electron chi connectivity index (χ4n) is 3.74. The number of anilines is 1. The third-order valence-corrected chi connectivity index (χ3v) is 5.84. The van der Waals surface area contributed by atoms with Crippen LogP contribution in [0.2, 0.25) is 0 Å². The van der Waals surface area contributed by atoms with Gasteiger partial charge in [0.15, 0.2) is 5.82 Å². The largest absolute Gasteiger partial charge is 0.371 e. The van der Waals surface area contributed by atoms with Gasteiger partial charge < -0.3 is 10.6 Å². The number of nitrogens with zero attached hydrogens (tertiary/aromatic N) is 2. The zero-order valence-electron chi connectivity index (χ0n) is 17.0. The highest BCUT2D eigenvalue weighted by atomic mass is 19.1. The lowest BCUT2D eigenvalue weighted by atomic mass is 9.67. The predicted molar refractivity (Wildman–Crippen MR) is 108 cm³/mol. The topological polar surface area (TPSA) is 49.8 Å². The molecule has 2 heterocycles. The maximum absolute atomic E-state index is 13.4. The van der Waals surface area contributed by atoms with Crippen molar-refractivity contribution in [3.63, 3.8) is 0 Å². The number of rotatable bonds is 5. The Hall–Kier alpha value is -1.75. The molecule has 1 saturated heterocycles. The summed E-state index contributed by atoms with van der Waals surface area (Å²) in [7, 11) is 1.78. The van der Waals surface area contributed by atoms with Gasteiger partial charge in [0, 0.05) is 30.9 Å². The lowest BCUT2D eigenvalue weighted by molar-refractivity contribution is 0.0735.